The Balaban J connectivity index is 0.00000242. The second kappa shape index (κ2) is 7.21. The van der Waals surface area contributed by atoms with Crippen LogP contribution in [0.3, 0.4) is 0 Å². The van der Waals surface area contributed by atoms with Gasteiger partial charge in [-0.25, -0.2) is 0 Å². The van der Waals surface area contributed by atoms with Crippen LogP contribution in [0.4, 0.5) is 13.2 Å². The Morgan fingerprint density at radius 2 is 2.09 bits per heavy atom. The van der Waals surface area contributed by atoms with E-state index >= 15 is 0 Å². The number of H-pyrrole nitrogens is 1. The standard InChI is InChI=1S/C13H12ClF3N2O2.ClH/c14-8-2-1-3-10-11(8)7(5-19-10)4-9(18)12(20)21-6-13(15,16)17;/h1-3,5,9,19H,4,6,18H2;1H/t9-;/m0./s1. The lowest BCUT2D eigenvalue weighted by molar-refractivity contribution is -0.187. The van der Waals surface area contributed by atoms with Gasteiger partial charge in [0.05, 0.1) is 5.02 Å². The minimum absolute atomic E-state index is 0. The van der Waals surface area contributed by atoms with Crippen LogP contribution >= 0.6 is 24.0 Å². The molecule has 9 heteroatoms. The summed E-state index contributed by atoms with van der Waals surface area (Å²) in [4.78, 5) is 14.4. The Hall–Kier alpha value is -1.44. The molecule has 2 aromatic rings. The van der Waals surface area contributed by atoms with E-state index in [4.69, 9.17) is 17.3 Å². The lowest BCUT2D eigenvalue weighted by atomic mass is 10.1. The number of nitrogens with two attached hydrogens (primary N) is 1. The number of alkyl halides is 3. The van der Waals surface area contributed by atoms with Crippen LogP contribution in [-0.2, 0) is 16.0 Å². The predicted molar refractivity (Wildman–Crippen MR) is 79.3 cm³/mol. The summed E-state index contributed by atoms with van der Waals surface area (Å²) in [7, 11) is 0. The summed E-state index contributed by atoms with van der Waals surface area (Å²) >= 11 is 6.06. The Morgan fingerprint density at radius 3 is 2.73 bits per heavy atom. The van der Waals surface area contributed by atoms with Crippen LogP contribution in [0, 0.1) is 0 Å². The van der Waals surface area contributed by atoms with E-state index in [9.17, 15) is 18.0 Å². The monoisotopic (exact) mass is 356 g/mol. The van der Waals surface area contributed by atoms with E-state index in [-0.39, 0.29) is 18.8 Å². The van der Waals surface area contributed by atoms with Crippen molar-refractivity contribution < 1.29 is 22.7 Å². The molecule has 22 heavy (non-hydrogen) atoms. The van der Waals surface area contributed by atoms with E-state index in [1.807, 2.05) is 0 Å². The van der Waals surface area contributed by atoms with Crippen LogP contribution in [0.25, 0.3) is 10.9 Å². The maximum absolute atomic E-state index is 12.0. The Labute approximate surface area is 135 Å². The highest BCUT2D eigenvalue weighted by Gasteiger charge is 2.31. The molecular weight excluding hydrogens is 344 g/mol. The third-order valence-electron chi connectivity index (χ3n) is 2.86. The van der Waals surface area contributed by atoms with Crippen molar-refractivity contribution in [3.05, 3.63) is 35.0 Å². The van der Waals surface area contributed by atoms with Crippen molar-refractivity contribution in [3.63, 3.8) is 0 Å². The van der Waals surface area contributed by atoms with Crippen LogP contribution < -0.4 is 5.73 Å². The normalized spacial score (nSPS) is 12.8. The highest BCUT2D eigenvalue weighted by atomic mass is 35.5. The summed E-state index contributed by atoms with van der Waals surface area (Å²) in [6.45, 7) is -1.64. The molecule has 0 aliphatic rings. The molecular formula is C13H13Cl2F3N2O2. The molecule has 122 valence electrons. The van der Waals surface area contributed by atoms with Gasteiger partial charge in [0.1, 0.15) is 6.04 Å². The molecule has 0 radical (unpaired) electrons. The average molecular weight is 357 g/mol. The third-order valence-corrected chi connectivity index (χ3v) is 3.17. The third kappa shape index (κ3) is 4.53. The summed E-state index contributed by atoms with van der Waals surface area (Å²) in [6.07, 6.45) is -2.92. The van der Waals surface area contributed by atoms with Gasteiger partial charge in [-0.15, -0.1) is 12.4 Å². The first-order valence-corrected chi connectivity index (χ1v) is 6.39. The number of aromatic amines is 1. The number of halogens is 5. The minimum Gasteiger partial charge on any atom is -0.455 e. The number of carbonyl (C=O) groups excluding carboxylic acids is 1. The molecule has 1 heterocycles. The zero-order chi connectivity index (χ0) is 15.6. The van der Waals surface area contributed by atoms with Crippen LogP contribution in [-0.4, -0.2) is 29.8 Å². The van der Waals surface area contributed by atoms with Gasteiger partial charge in [0.2, 0.25) is 0 Å². The number of hydrogen-bond donors (Lipinski definition) is 2. The quantitative estimate of drug-likeness (QED) is 0.826. The Bertz CT molecular complexity index is 658. The lowest BCUT2D eigenvalue weighted by Crippen LogP contribution is -2.36. The number of fused-ring (bicyclic) bond motifs is 1. The van der Waals surface area contributed by atoms with E-state index in [2.05, 4.69) is 9.72 Å². The topological polar surface area (TPSA) is 68.1 Å². The Kier molecular flexibility index (Phi) is 6.10. The minimum atomic E-state index is -4.57. The van der Waals surface area contributed by atoms with Gasteiger partial charge in [-0.3, -0.25) is 4.79 Å². The van der Waals surface area contributed by atoms with Crippen LogP contribution in [0.2, 0.25) is 5.02 Å². The van der Waals surface area contributed by atoms with Gasteiger partial charge in [0.25, 0.3) is 0 Å². The molecule has 0 saturated heterocycles. The zero-order valence-corrected chi connectivity index (χ0v) is 12.7. The van der Waals surface area contributed by atoms with Crippen LogP contribution in [0.15, 0.2) is 24.4 Å². The fraction of sp³-hybridized carbons (Fsp3) is 0.308. The SMILES string of the molecule is Cl.N[C@@H](Cc1c[nH]c2cccc(Cl)c12)C(=O)OCC(F)(F)F. The second-order valence-electron chi connectivity index (χ2n) is 4.51. The molecule has 0 spiro atoms. The van der Waals surface area contributed by atoms with Gasteiger partial charge in [0, 0.05) is 23.5 Å². The molecule has 4 nitrogen and oxygen atoms in total. The largest absolute Gasteiger partial charge is 0.455 e. The lowest BCUT2D eigenvalue weighted by Gasteiger charge is -2.12. The smallest absolute Gasteiger partial charge is 0.422 e. The molecule has 0 fully saturated rings. The average Bonchev–Trinajstić information content (AvgIpc) is 2.79. The van der Waals surface area contributed by atoms with Gasteiger partial charge in [-0.2, -0.15) is 13.2 Å². The van der Waals surface area contributed by atoms with Crippen LogP contribution in [0.1, 0.15) is 5.56 Å². The second-order valence-corrected chi connectivity index (χ2v) is 4.92. The highest BCUT2D eigenvalue weighted by molar-refractivity contribution is 6.35. The number of nitrogens with one attached hydrogen (secondary N) is 1. The molecule has 0 saturated carbocycles. The highest BCUT2D eigenvalue weighted by Crippen LogP contribution is 2.27. The van der Waals surface area contributed by atoms with Crippen molar-refractivity contribution in [2.24, 2.45) is 5.73 Å². The molecule has 1 atom stereocenters. The predicted octanol–water partition coefficient (Wildman–Crippen LogP) is 3.22. The van der Waals surface area contributed by atoms with Crippen molar-refractivity contribution >= 4 is 40.9 Å². The molecule has 0 bridgehead atoms. The van der Waals surface area contributed by atoms with E-state index in [1.165, 1.54) is 0 Å². The first-order valence-electron chi connectivity index (χ1n) is 6.01. The molecule has 1 aromatic heterocycles. The summed E-state index contributed by atoms with van der Waals surface area (Å²) in [5.74, 6) is -1.10. The van der Waals surface area contributed by atoms with Crippen molar-refractivity contribution in [2.45, 2.75) is 18.6 Å². The molecule has 0 amide bonds. The van der Waals surface area contributed by atoms with E-state index in [0.29, 0.717) is 16.0 Å². The first-order chi connectivity index (χ1) is 9.78. The molecule has 0 unspecified atom stereocenters. The number of carbonyl (C=O) groups is 1. The Morgan fingerprint density at radius 1 is 1.41 bits per heavy atom. The summed E-state index contributed by atoms with van der Waals surface area (Å²) < 4.78 is 40.1. The van der Waals surface area contributed by atoms with E-state index in [0.717, 1.165) is 5.52 Å². The fourth-order valence-electron chi connectivity index (χ4n) is 1.95. The van der Waals surface area contributed by atoms with Crippen molar-refractivity contribution in [1.29, 1.82) is 0 Å². The maximum atomic E-state index is 12.0. The van der Waals surface area contributed by atoms with Crippen molar-refractivity contribution in [2.75, 3.05) is 6.61 Å². The molecule has 2 rings (SSSR count). The number of ether oxygens (including phenoxy) is 1. The van der Waals surface area contributed by atoms with Gasteiger partial charge in [0.15, 0.2) is 6.61 Å². The zero-order valence-electron chi connectivity index (χ0n) is 11.1. The number of hydrogen-bond acceptors (Lipinski definition) is 3. The number of aromatic nitrogens is 1. The maximum Gasteiger partial charge on any atom is 0.422 e. The van der Waals surface area contributed by atoms with Gasteiger partial charge in [-0.05, 0) is 17.7 Å². The molecule has 0 aliphatic carbocycles. The summed E-state index contributed by atoms with van der Waals surface area (Å²) in [5.41, 5.74) is 6.98. The summed E-state index contributed by atoms with van der Waals surface area (Å²) in [5, 5.41) is 1.16. The van der Waals surface area contributed by atoms with Gasteiger partial charge >= 0.3 is 12.1 Å². The number of benzene rings is 1. The van der Waals surface area contributed by atoms with Crippen LogP contribution in [0.5, 0.6) is 0 Å². The summed E-state index contributed by atoms with van der Waals surface area (Å²) in [6, 6.07) is 4.03. The van der Waals surface area contributed by atoms with Crippen molar-refractivity contribution in [3.8, 4) is 0 Å². The number of rotatable bonds is 4. The molecule has 0 aliphatic heterocycles. The van der Waals surface area contributed by atoms with Gasteiger partial charge < -0.3 is 15.5 Å². The van der Waals surface area contributed by atoms with E-state index in [1.54, 1.807) is 24.4 Å². The first kappa shape index (κ1) is 18.6. The molecule has 1 aromatic carbocycles. The molecule has 3 N–H and O–H groups in total. The van der Waals surface area contributed by atoms with Gasteiger partial charge in [-0.1, -0.05) is 17.7 Å². The van der Waals surface area contributed by atoms with Crippen molar-refractivity contribution in [1.82, 2.24) is 4.98 Å². The number of esters is 1. The fourth-order valence-corrected chi connectivity index (χ4v) is 2.24. The van der Waals surface area contributed by atoms with E-state index < -0.39 is 24.8 Å².